The van der Waals surface area contributed by atoms with Gasteiger partial charge in [-0.3, -0.25) is 4.79 Å². The number of rotatable bonds is 5. The summed E-state index contributed by atoms with van der Waals surface area (Å²) < 4.78 is 7.25. The molecule has 0 spiro atoms. The molecule has 2 heterocycles. The van der Waals surface area contributed by atoms with E-state index in [4.69, 9.17) is 26.4 Å². The Morgan fingerprint density at radius 1 is 1.23 bits per heavy atom. The van der Waals surface area contributed by atoms with E-state index in [-0.39, 0.29) is 11.8 Å². The Bertz CT molecular complexity index is 1190. The van der Waals surface area contributed by atoms with E-state index in [0.717, 1.165) is 46.0 Å². The van der Waals surface area contributed by atoms with Crippen LogP contribution in [0.25, 0.3) is 0 Å². The first-order chi connectivity index (χ1) is 15.1. The highest BCUT2D eigenvalue weighted by atomic mass is 35.5. The van der Waals surface area contributed by atoms with E-state index in [9.17, 15) is 4.79 Å². The highest BCUT2D eigenvalue weighted by molar-refractivity contribution is 7.98. The molecule has 0 bridgehead atoms. The second kappa shape index (κ2) is 8.40. The molecule has 0 amide bonds. The van der Waals surface area contributed by atoms with Crippen LogP contribution in [0.2, 0.25) is 5.02 Å². The lowest BCUT2D eigenvalue weighted by Gasteiger charge is -2.32. The summed E-state index contributed by atoms with van der Waals surface area (Å²) in [5.74, 6) is 2.23. The van der Waals surface area contributed by atoms with Gasteiger partial charge in [-0.25, -0.2) is 4.68 Å². The number of Topliss-reactive ketones (excluding diaryl/α,β-unsaturated/α-hetero) is 1. The fourth-order valence-corrected chi connectivity index (χ4v) is 5.19. The van der Waals surface area contributed by atoms with Crippen molar-refractivity contribution >= 4 is 35.1 Å². The molecule has 2 aromatic carbocycles. The number of nitrogens with one attached hydrogen (secondary N) is 1. The van der Waals surface area contributed by atoms with E-state index in [0.29, 0.717) is 23.3 Å². The Kier molecular flexibility index (Phi) is 5.46. The Morgan fingerprint density at radius 2 is 2.10 bits per heavy atom. The lowest BCUT2D eigenvalue weighted by atomic mass is 9.85. The van der Waals surface area contributed by atoms with E-state index in [1.165, 1.54) is 11.8 Å². The number of anilines is 1. The van der Waals surface area contributed by atoms with Gasteiger partial charge in [-0.05, 0) is 42.2 Å². The first-order valence-electron chi connectivity index (χ1n) is 10.1. The number of carbonyl (C=O) groups excluding carboxylic acids is 1. The average Bonchev–Trinajstić information content (AvgIpc) is 3.20. The number of ketones is 1. The smallest absolute Gasteiger partial charge is 0.227 e. The summed E-state index contributed by atoms with van der Waals surface area (Å²) in [7, 11) is 1.64. The van der Waals surface area contributed by atoms with Crippen molar-refractivity contribution in [3.05, 3.63) is 76.0 Å². The van der Waals surface area contributed by atoms with Gasteiger partial charge in [-0.15, -0.1) is 5.10 Å². The van der Waals surface area contributed by atoms with Crippen LogP contribution in [0.5, 0.6) is 5.75 Å². The van der Waals surface area contributed by atoms with Gasteiger partial charge < -0.3 is 10.1 Å². The third-order valence-electron chi connectivity index (χ3n) is 5.57. The minimum absolute atomic E-state index is 0.160. The topological polar surface area (TPSA) is 69.0 Å². The van der Waals surface area contributed by atoms with E-state index in [2.05, 4.69) is 5.32 Å². The molecule has 2 aliphatic rings. The SMILES string of the molecule is COc1cccc(C2C3=C(CCCC3=O)Nc3nc(SCc4ccccc4Cl)nn32)c1. The molecule has 31 heavy (non-hydrogen) atoms. The molecule has 8 heteroatoms. The van der Waals surface area contributed by atoms with Crippen molar-refractivity contribution in [3.63, 3.8) is 0 Å². The molecular formula is C23H21ClN4O2S. The van der Waals surface area contributed by atoms with Gasteiger partial charge in [0.2, 0.25) is 11.1 Å². The number of halogens is 1. The van der Waals surface area contributed by atoms with Gasteiger partial charge in [0.25, 0.3) is 0 Å². The number of methoxy groups -OCH3 is 1. The van der Waals surface area contributed by atoms with Crippen LogP contribution in [-0.4, -0.2) is 27.7 Å². The van der Waals surface area contributed by atoms with Gasteiger partial charge in [-0.2, -0.15) is 4.98 Å². The van der Waals surface area contributed by atoms with E-state index in [1.54, 1.807) is 7.11 Å². The van der Waals surface area contributed by atoms with Gasteiger partial charge >= 0.3 is 0 Å². The molecular weight excluding hydrogens is 432 g/mol. The quantitative estimate of drug-likeness (QED) is 0.533. The van der Waals surface area contributed by atoms with Gasteiger partial charge in [0.1, 0.15) is 11.8 Å². The zero-order valence-corrected chi connectivity index (χ0v) is 18.5. The first-order valence-corrected chi connectivity index (χ1v) is 11.5. The first kappa shape index (κ1) is 20.2. The number of hydrogen-bond acceptors (Lipinski definition) is 6. The van der Waals surface area contributed by atoms with Crippen molar-refractivity contribution in [1.82, 2.24) is 14.8 Å². The molecule has 158 valence electrons. The monoisotopic (exact) mass is 452 g/mol. The molecule has 1 aliphatic carbocycles. The third-order valence-corrected chi connectivity index (χ3v) is 6.83. The summed E-state index contributed by atoms with van der Waals surface area (Å²) in [6.07, 6.45) is 2.23. The maximum Gasteiger partial charge on any atom is 0.227 e. The maximum absolute atomic E-state index is 12.9. The number of carbonyl (C=O) groups is 1. The van der Waals surface area contributed by atoms with E-state index < -0.39 is 0 Å². The lowest BCUT2D eigenvalue weighted by molar-refractivity contribution is -0.116. The molecule has 1 unspecified atom stereocenters. The van der Waals surface area contributed by atoms with Crippen LogP contribution in [0, 0.1) is 0 Å². The number of thioether (sulfide) groups is 1. The van der Waals surface area contributed by atoms with Gasteiger partial charge in [0, 0.05) is 28.5 Å². The second-order valence-corrected chi connectivity index (χ2v) is 8.87. The molecule has 3 aromatic rings. The minimum atomic E-state index is -0.323. The van der Waals surface area contributed by atoms with Crippen LogP contribution >= 0.6 is 23.4 Å². The Labute approximate surface area is 189 Å². The standard InChI is InChI=1S/C23H21ClN4O2S/c1-30-16-8-4-7-14(12-16)21-20-18(10-5-11-19(20)29)25-22-26-23(27-28(21)22)31-13-15-6-2-3-9-17(15)24/h2-4,6-9,12,21H,5,10-11,13H2,1H3,(H,25,26,27). The number of ether oxygens (including phenoxy) is 1. The number of nitrogens with zero attached hydrogens (tertiary/aromatic N) is 3. The molecule has 0 saturated carbocycles. The fraction of sp³-hybridized carbons (Fsp3) is 0.261. The second-order valence-electron chi connectivity index (χ2n) is 7.52. The zero-order chi connectivity index (χ0) is 21.4. The Balaban J connectivity index is 1.52. The van der Waals surface area contributed by atoms with Crippen molar-refractivity contribution in [3.8, 4) is 5.75 Å². The van der Waals surface area contributed by atoms with Crippen LogP contribution in [0.3, 0.4) is 0 Å². The normalized spacial score (nSPS) is 17.7. The number of aromatic nitrogens is 3. The van der Waals surface area contributed by atoms with Gasteiger partial charge in [0.05, 0.1) is 7.11 Å². The number of hydrogen-bond donors (Lipinski definition) is 1. The summed E-state index contributed by atoms with van der Waals surface area (Å²) >= 11 is 7.82. The van der Waals surface area contributed by atoms with Gasteiger partial charge in [0.15, 0.2) is 5.78 Å². The molecule has 1 N–H and O–H groups in total. The summed E-state index contributed by atoms with van der Waals surface area (Å²) in [6.45, 7) is 0. The van der Waals surface area contributed by atoms with Crippen molar-refractivity contribution < 1.29 is 9.53 Å². The maximum atomic E-state index is 12.9. The Morgan fingerprint density at radius 3 is 2.94 bits per heavy atom. The van der Waals surface area contributed by atoms with E-state index in [1.807, 2.05) is 53.2 Å². The molecule has 6 nitrogen and oxygen atoms in total. The van der Waals surface area contributed by atoms with Crippen LogP contribution in [0.4, 0.5) is 5.95 Å². The lowest BCUT2D eigenvalue weighted by Crippen LogP contribution is -2.31. The number of allylic oxidation sites excluding steroid dienone is 2. The van der Waals surface area contributed by atoms with Crippen molar-refractivity contribution in [1.29, 1.82) is 0 Å². The van der Waals surface area contributed by atoms with Gasteiger partial charge in [-0.1, -0.05) is 53.7 Å². The highest BCUT2D eigenvalue weighted by Gasteiger charge is 2.37. The van der Waals surface area contributed by atoms with Crippen LogP contribution in [0.1, 0.15) is 36.4 Å². The van der Waals surface area contributed by atoms with Crippen molar-refractivity contribution in [2.45, 2.75) is 36.2 Å². The molecule has 1 atom stereocenters. The predicted octanol–water partition coefficient (Wildman–Crippen LogP) is 5.25. The minimum Gasteiger partial charge on any atom is -0.497 e. The predicted molar refractivity (Wildman–Crippen MR) is 122 cm³/mol. The summed E-state index contributed by atoms with van der Waals surface area (Å²) in [5, 5.41) is 9.51. The van der Waals surface area contributed by atoms with Crippen LogP contribution in [0.15, 0.2) is 65.0 Å². The highest BCUT2D eigenvalue weighted by Crippen LogP contribution is 2.41. The molecule has 1 aliphatic heterocycles. The molecule has 0 radical (unpaired) electrons. The molecule has 0 saturated heterocycles. The van der Waals surface area contributed by atoms with Crippen LogP contribution < -0.4 is 10.1 Å². The average molecular weight is 453 g/mol. The molecule has 1 aromatic heterocycles. The van der Waals surface area contributed by atoms with E-state index >= 15 is 0 Å². The summed E-state index contributed by atoms with van der Waals surface area (Å²) in [5.41, 5.74) is 3.72. The van der Waals surface area contributed by atoms with Crippen molar-refractivity contribution in [2.75, 3.05) is 12.4 Å². The molecule has 0 fully saturated rings. The number of benzene rings is 2. The molecule has 5 rings (SSSR count). The zero-order valence-electron chi connectivity index (χ0n) is 17.0. The Hall–Kier alpha value is -2.77. The summed E-state index contributed by atoms with van der Waals surface area (Å²) in [4.78, 5) is 17.6. The van der Waals surface area contributed by atoms with Crippen molar-refractivity contribution in [2.24, 2.45) is 0 Å². The van der Waals surface area contributed by atoms with Crippen LogP contribution in [-0.2, 0) is 10.5 Å². The largest absolute Gasteiger partial charge is 0.497 e. The number of fused-ring (bicyclic) bond motifs is 1. The third kappa shape index (κ3) is 3.83. The summed E-state index contributed by atoms with van der Waals surface area (Å²) in [6, 6.07) is 15.3. The fourth-order valence-electron chi connectivity index (χ4n) is 4.08.